The molecule has 0 bridgehead atoms. The third-order valence-electron chi connectivity index (χ3n) is 3.69. The maximum Gasteiger partial charge on any atom is 0.00596 e. The van der Waals surface area contributed by atoms with Crippen molar-refractivity contribution in [3.63, 3.8) is 0 Å². The van der Waals surface area contributed by atoms with Gasteiger partial charge in [0.25, 0.3) is 0 Å². The molecule has 1 aromatic rings. The van der Waals surface area contributed by atoms with Crippen LogP contribution < -0.4 is 0 Å². The van der Waals surface area contributed by atoms with Gasteiger partial charge < -0.3 is 0 Å². The lowest BCUT2D eigenvalue weighted by molar-refractivity contribution is 0.353. The molecule has 2 rings (SSSR count). The Morgan fingerprint density at radius 3 is 2.40 bits per heavy atom. The SMILES string of the molecule is Cc1ccccc1[C@H]1CC[C@H](CBr)CC1. The van der Waals surface area contributed by atoms with Crippen molar-refractivity contribution in [3.05, 3.63) is 35.4 Å². The third-order valence-corrected chi connectivity index (χ3v) is 4.61. The molecule has 0 aromatic heterocycles. The van der Waals surface area contributed by atoms with Gasteiger partial charge in [0.05, 0.1) is 0 Å². The maximum absolute atomic E-state index is 3.60. The van der Waals surface area contributed by atoms with Crippen LogP contribution in [0.25, 0.3) is 0 Å². The van der Waals surface area contributed by atoms with Crippen LogP contribution in [0.4, 0.5) is 0 Å². The van der Waals surface area contributed by atoms with Crippen LogP contribution in [0.15, 0.2) is 24.3 Å². The first-order valence-corrected chi connectivity index (χ1v) is 7.05. The summed E-state index contributed by atoms with van der Waals surface area (Å²) in [7, 11) is 0. The highest BCUT2D eigenvalue weighted by Gasteiger charge is 2.22. The summed E-state index contributed by atoms with van der Waals surface area (Å²) in [5.41, 5.74) is 3.06. The molecule has 0 heterocycles. The van der Waals surface area contributed by atoms with Crippen LogP contribution in [0.2, 0.25) is 0 Å². The van der Waals surface area contributed by atoms with E-state index < -0.39 is 0 Å². The Labute approximate surface area is 101 Å². The summed E-state index contributed by atoms with van der Waals surface area (Å²) in [6.07, 6.45) is 5.54. The monoisotopic (exact) mass is 266 g/mol. The number of hydrogen-bond acceptors (Lipinski definition) is 0. The fraction of sp³-hybridized carbons (Fsp3) is 0.571. The molecule has 1 heteroatoms. The van der Waals surface area contributed by atoms with E-state index in [2.05, 4.69) is 47.1 Å². The molecule has 0 saturated heterocycles. The Balaban J connectivity index is 2.04. The molecular weight excluding hydrogens is 248 g/mol. The Morgan fingerprint density at radius 2 is 1.80 bits per heavy atom. The van der Waals surface area contributed by atoms with Crippen LogP contribution in [0, 0.1) is 12.8 Å². The van der Waals surface area contributed by atoms with Gasteiger partial charge in [0.2, 0.25) is 0 Å². The van der Waals surface area contributed by atoms with Crippen molar-refractivity contribution in [2.75, 3.05) is 5.33 Å². The predicted molar refractivity (Wildman–Crippen MR) is 69.7 cm³/mol. The standard InChI is InChI=1S/C14H19Br/c1-11-4-2-3-5-14(11)13-8-6-12(10-15)7-9-13/h2-5,12-13H,6-10H2,1H3/t12-,13-. The molecule has 0 spiro atoms. The highest BCUT2D eigenvalue weighted by Crippen LogP contribution is 2.37. The Kier molecular flexibility index (Phi) is 3.85. The molecule has 1 fully saturated rings. The van der Waals surface area contributed by atoms with Gasteiger partial charge in [-0.15, -0.1) is 0 Å². The molecule has 0 radical (unpaired) electrons. The van der Waals surface area contributed by atoms with Crippen LogP contribution >= 0.6 is 15.9 Å². The van der Waals surface area contributed by atoms with Crippen LogP contribution in [-0.4, -0.2) is 5.33 Å². The topological polar surface area (TPSA) is 0 Å². The van der Waals surface area contributed by atoms with E-state index in [-0.39, 0.29) is 0 Å². The minimum absolute atomic E-state index is 0.821. The lowest BCUT2D eigenvalue weighted by Crippen LogP contribution is -2.14. The number of alkyl halides is 1. The maximum atomic E-state index is 3.60. The summed E-state index contributed by atoms with van der Waals surface area (Å²) >= 11 is 3.60. The lowest BCUT2D eigenvalue weighted by atomic mass is 9.78. The van der Waals surface area contributed by atoms with E-state index in [1.165, 1.54) is 36.6 Å². The summed E-state index contributed by atoms with van der Waals surface area (Å²) in [6, 6.07) is 8.88. The molecule has 0 aliphatic heterocycles. The van der Waals surface area contributed by atoms with E-state index in [0.717, 1.165) is 11.8 Å². The van der Waals surface area contributed by atoms with Crippen molar-refractivity contribution in [2.24, 2.45) is 5.92 Å². The second kappa shape index (κ2) is 5.16. The zero-order chi connectivity index (χ0) is 10.7. The minimum atomic E-state index is 0.821. The quantitative estimate of drug-likeness (QED) is 0.683. The number of rotatable bonds is 2. The zero-order valence-corrected chi connectivity index (χ0v) is 11.0. The number of halogens is 1. The van der Waals surface area contributed by atoms with Gasteiger partial charge in [-0.2, -0.15) is 0 Å². The molecule has 1 aromatic carbocycles. The Morgan fingerprint density at radius 1 is 1.13 bits per heavy atom. The third kappa shape index (κ3) is 2.63. The summed E-state index contributed by atoms with van der Waals surface area (Å²) in [6.45, 7) is 2.24. The van der Waals surface area contributed by atoms with Crippen LogP contribution in [-0.2, 0) is 0 Å². The van der Waals surface area contributed by atoms with Crippen molar-refractivity contribution in [3.8, 4) is 0 Å². The number of aryl methyl sites for hydroxylation is 1. The summed E-state index contributed by atoms with van der Waals surface area (Å²) in [5.74, 6) is 1.74. The van der Waals surface area contributed by atoms with Crippen molar-refractivity contribution in [1.82, 2.24) is 0 Å². The molecule has 0 atom stereocenters. The van der Waals surface area contributed by atoms with Crippen LogP contribution in [0.5, 0.6) is 0 Å². The first-order valence-electron chi connectivity index (χ1n) is 5.92. The average Bonchev–Trinajstić information content (AvgIpc) is 2.30. The predicted octanol–water partition coefficient (Wildman–Crippen LogP) is 4.66. The van der Waals surface area contributed by atoms with E-state index in [1.54, 1.807) is 5.56 Å². The molecule has 0 N–H and O–H groups in total. The molecule has 15 heavy (non-hydrogen) atoms. The van der Waals surface area contributed by atoms with Crippen LogP contribution in [0.3, 0.4) is 0 Å². The number of hydrogen-bond donors (Lipinski definition) is 0. The fourth-order valence-corrected chi connectivity index (χ4v) is 3.32. The van der Waals surface area contributed by atoms with Gasteiger partial charge in [-0.1, -0.05) is 40.2 Å². The number of benzene rings is 1. The van der Waals surface area contributed by atoms with Crippen molar-refractivity contribution >= 4 is 15.9 Å². The van der Waals surface area contributed by atoms with E-state index in [4.69, 9.17) is 0 Å². The Bertz CT molecular complexity index is 311. The van der Waals surface area contributed by atoms with Gasteiger partial charge >= 0.3 is 0 Å². The molecule has 0 amide bonds. The highest BCUT2D eigenvalue weighted by atomic mass is 79.9. The van der Waals surface area contributed by atoms with Crippen molar-refractivity contribution < 1.29 is 0 Å². The zero-order valence-electron chi connectivity index (χ0n) is 9.38. The second-order valence-corrected chi connectivity index (χ2v) is 5.38. The van der Waals surface area contributed by atoms with Gasteiger partial charge in [0.15, 0.2) is 0 Å². The fourth-order valence-electron chi connectivity index (χ4n) is 2.67. The van der Waals surface area contributed by atoms with E-state index in [1.807, 2.05) is 0 Å². The van der Waals surface area contributed by atoms with Crippen molar-refractivity contribution in [1.29, 1.82) is 0 Å². The molecular formula is C14H19Br. The summed E-state index contributed by atoms with van der Waals surface area (Å²) in [4.78, 5) is 0. The summed E-state index contributed by atoms with van der Waals surface area (Å²) < 4.78 is 0. The molecule has 1 aliphatic rings. The van der Waals surface area contributed by atoms with Gasteiger partial charge in [-0.05, 0) is 55.6 Å². The van der Waals surface area contributed by atoms with Gasteiger partial charge in [-0.25, -0.2) is 0 Å². The highest BCUT2D eigenvalue weighted by molar-refractivity contribution is 9.09. The first-order chi connectivity index (χ1) is 7.31. The molecule has 1 aliphatic carbocycles. The lowest BCUT2D eigenvalue weighted by Gasteiger charge is -2.28. The second-order valence-electron chi connectivity index (χ2n) is 4.73. The normalized spacial score (nSPS) is 26.5. The van der Waals surface area contributed by atoms with E-state index >= 15 is 0 Å². The minimum Gasteiger partial charge on any atom is -0.0925 e. The molecule has 1 saturated carbocycles. The average molecular weight is 267 g/mol. The molecule has 0 unspecified atom stereocenters. The summed E-state index contributed by atoms with van der Waals surface area (Å²) in [5, 5.41) is 1.19. The smallest absolute Gasteiger partial charge is 0.00596 e. The van der Waals surface area contributed by atoms with Gasteiger partial charge in [0, 0.05) is 5.33 Å². The van der Waals surface area contributed by atoms with Gasteiger partial charge in [-0.3, -0.25) is 0 Å². The molecule has 0 nitrogen and oxygen atoms in total. The largest absolute Gasteiger partial charge is 0.0925 e. The van der Waals surface area contributed by atoms with E-state index in [0.29, 0.717) is 0 Å². The Hall–Kier alpha value is -0.300. The first kappa shape index (κ1) is 11.2. The van der Waals surface area contributed by atoms with Crippen molar-refractivity contribution in [2.45, 2.75) is 38.5 Å². The van der Waals surface area contributed by atoms with Crippen LogP contribution in [0.1, 0.15) is 42.7 Å². The van der Waals surface area contributed by atoms with E-state index in [9.17, 15) is 0 Å². The molecule has 82 valence electrons. The van der Waals surface area contributed by atoms with Gasteiger partial charge in [0.1, 0.15) is 0 Å².